The molecule has 150 valence electrons. The van der Waals surface area contributed by atoms with E-state index in [0.29, 0.717) is 13.1 Å². The van der Waals surface area contributed by atoms with Crippen molar-refractivity contribution >= 4 is 11.4 Å². The minimum atomic E-state index is -3.16. The van der Waals surface area contributed by atoms with Gasteiger partial charge in [-0.25, -0.2) is 13.2 Å². The van der Waals surface area contributed by atoms with Crippen molar-refractivity contribution in [3.8, 4) is 0 Å². The first-order valence-electron chi connectivity index (χ1n) is 9.50. The number of hydrogen-bond acceptors (Lipinski definition) is 2. The highest BCUT2D eigenvalue weighted by atomic mass is 19.3. The third-order valence-electron chi connectivity index (χ3n) is 5.27. The van der Waals surface area contributed by atoms with Crippen molar-refractivity contribution in [2.75, 3.05) is 22.9 Å². The van der Waals surface area contributed by atoms with Crippen molar-refractivity contribution in [2.45, 2.75) is 48.0 Å². The second kappa shape index (κ2) is 7.53. The zero-order chi connectivity index (χ0) is 20.7. The third kappa shape index (κ3) is 3.50. The second-order valence-corrected chi connectivity index (χ2v) is 7.77. The van der Waals surface area contributed by atoms with Crippen LogP contribution in [0.4, 0.5) is 24.5 Å². The minimum Gasteiger partial charge on any atom is -0.323 e. The normalized spacial score (nSPS) is 14.4. The van der Waals surface area contributed by atoms with E-state index in [1.54, 1.807) is 9.80 Å². The Hall–Kier alpha value is -2.43. The molecule has 0 N–H and O–H groups in total. The molecular weight excluding hydrogens is 361 g/mol. The molecule has 0 saturated carbocycles. The zero-order valence-corrected chi connectivity index (χ0v) is 17.3. The lowest BCUT2D eigenvalue weighted by Crippen LogP contribution is -2.27. The summed E-state index contributed by atoms with van der Waals surface area (Å²) in [7, 11) is 0. The van der Waals surface area contributed by atoms with E-state index >= 15 is 0 Å². The van der Waals surface area contributed by atoms with Crippen molar-refractivity contribution in [3.05, 3.63) is 69.3 Å². The number of allylic oxidation sites excluding steroid dienone is 1. The fraction of sp³-hybridized carbons (Fsp3) is 0.391. The van der Waals surface area contributed by atoms with Gasteiger partial charge in [-0.2, -0.15) is 0 Å². The van der Waals surface area contributed by atoms with Crippen molar-refractivity contribution in [1.82, 2.24) is 0 Å². The molecule has 0 unspecified atom stereocenters. The summed E-state index contributed by atoms with van der Waals surface area (Å²) in [6.45, 7) is 12.7. The van der Waals surface area contributed by atoms with E-state index < -0.39 is 12.3 Å². The smallest absolute Gasteiger partial charge is 0.293 e. The molecule has 2 aromatic rings. The lowest BCUT2D eigenvalue weighted by molar-refractivity contribution is 0.156. The van der Waals surface area contributed by atoms with Gasteiger partial charge >= 0.3 is 0 Å². The van der Waals surface area contributed by atoms with Crippen LogP contribution in [0.3, 0.4) is 0 Å². The van der Waals surface area contributed by atoms with E-state index in [1.807, 2.05) is 65.8 Å². The van der Waals surface area contributed by atoms with Gasteiger partial charge in [0.2, 0.25) is 5.83 Å². The van der Waals surface area contributed by atoms with Crippen LogP contribution in [0, 0.1) is 41.5 Å². The maximum absolute atomic E-state index is 14.8. The average Bonchev–Trinajstić information content (AvgIpc) is 2.96. The molecule has 28 heavy (non-hydrogen) atoms. The summed E-state index contributed by atoms with van der Waals surface area (Å²) in [4.78, 5) is 3.43. The number of aryl methyl sites for hydroxylation is 6. The Kier molecular flexibility index (Phi) is 5.46. The quantitative estimate of drug-likeness (QED) is 0.612. The number of nitrogens with zero attached hydrogens (tertiary/aromatic N) is 2. The lowest BCUT2D eigenvalue weighted by atomic mass is 10.0. The molecule has 3 rings (SSSR count). The standard InChI is InChI=1S/C23H27F3N2/c1-13-9-15(3)20(16(4)10-13)27-7-8-28(23(27)19(24)22(25)26)21-17(5)11-14(2)12-18(21)6/h9-12,22H,7-8H2,1-6H3. The van der Waals surface area contributed by atoms with Crippen LogP contribution in [0.25, 0.3) is 0 Å². The largest absolute Gasteiger partial charge is 0.323 e. The molecule has 1 aliphatic rings. The Morgan fingerprint density at radius 1 is 0.714 bits per heavy atom. The number of anilines is 2. The zero-order valence-electron chi connectivity index (χ0n) is 17.3. The molecule has 0 aromatic heterocycles. The summed E-state index contributed by atoms with van der Waals surface area (Å²) >= 11 is 0. The Morgan fingerprint density at radius 3 is 1.32 bits per heavy atom. The van der Waals surface area contributed by atoms with Crippen LogP contribution in [0.2, 0.25) is 0 Å². The molecule has 0 bridgehead atoms. The summed E-state index contributed by atoms with van der Waals surface area (Å²) in [5, 5.41) is 0. The number of hydrogen-bond donors (Lipinski definition) is 0. The van der Waals surface area contributed by atoms with Gasteiger partial charge in [0.15, 0.2) is 5.82 Å². The molecule has 2 aromatic carbocycles. The number of benzene rings is 2. The fourth-order valence-corrected chi connectivity index (χ4v) is 4.54. The van der Waals surface area contributed by atoms with Crippen molar-refractivity contribution in [1.29, 1.82) is 0 Å². The predicted octanol–water partition coefficient (Wildman–Crippen LogP) is 6.27. The van der Waals surface area contributed by atoms with Gasteiger partial charge in [0, 0.05) is 24.5 Å². The highest BCUT2D eigenvalue weighted by Gasteiger charge is 2.36. The van der Waals surface area contributed by atoms with Crippen LogP contribution in [-0.4, -0.2) is 19.5 Å². The van der Waals surface area contributed by atoms with Crippen LogP contribution in [0.1, 0.15) is 33.4 Å². The minimum absolute atomic E-state index is 0.0416. The fourth-order valence-electron chi connectivity index (χ4n) is 4.54. The molecule has 1 fully saturated rings. The maximum atomic E-state index is 14.8. The third-order valence-corrected chi connectivity index (χ3v) is 5.27. The van der Waals surface area contributed by atoms with Gasteiger partial charge in [0.1, 0.15) is 0 Å². The molecule has 0 spiro atoms. The van der Waals surface area contributed by atoms with Crippen LogP contribution in [-0.2, 0) is 0 Å². The molecule has 2 nitrogen and oxygen atoms in total. The predicted molar refractivity (Wildman–Crippen MR) is 110 cm³/mol. The van der Waals surface area contributed by atoms with Gasteiger partial charge in [0.05, 0.1) is 0 Å². The first-order valence-corrected chi connectivity index (χ1v) is 9.50. The van der Waals surface area contributed by atoms with Crippen molar-refractivity contribution in [3.63, 3.8) is 0 Å². The SMILES string of the molecule is Cc1cc(C)c(N2CCN(c3c(C)cc(C)cc3C)C2=C(F)C(F)F)c(C)c1. The van der Waals surface area contributed by atoms with E-state index in [9.17, 15) is 13.2 Å². The number of alkyl halides is 2. The Labute approximate surface area is 165 Å². The monoisotopic (exact) mass is 388 g/mol. The molecule has 0 atom stereocenters. The van der Waals surface area contributed by atoms with Crippen LogP contribution < -0.4 is 9.80 Å². The first kappa shape index (κ1) is 20.3. The van der Waals surface area contributed by atoms with Crippen LogP contribution >= 0.6 is 0 Å². The van der Waals surface area contributed by atoms with E-state index in [-0.39, 0.29) is 5.82 Å². The summed E-state index contributed by atoms with van der Waals surface area (Å²) in [5.41, 5.74) is 7.63. The second-order valence-electron chi connectivity index (χ2n) is 7.77. The van der Waals surface area contributed by atoms with Gasteiger partial charge in [-0.15, -0.1) is 0 Å². The summed E-state index contributed by atoms with van der Waals surface area (Å²) < 4.78 is 41.8. The molecular formula is C23H27F3N2. The van der Waals surface area contributed by atoms with Gasteiger partial charge in [-0.05, 0) is 63.8 Å². The Bertz CT molecular complexity index is 833. The van der Waals surface area contributed by atoms with E-state index in [1.165, 1.54) is 0 Å². The van der Waals surface area contributed by atoms with Crippen molar-refractivity contribution in [2.24, 2.45) is 0 Å². The Balaban J connectivity index is 2.21. The van der Waals surface area contributed by atoms with Crippen LogP contribution in [0.15, 0.2) is 35.9 Å². The topological polar surface area (TPSA) is 6.48 Å². The van der Waals surface area contributed by atoms with Gasteiger partial charge in [-0.3, -0.25) is 0 Å². The van der Waals surface area contributed by atoms with Gasteiger partial charge in [0.25, 0.3) is 6.43 Å². The number of rotatable bonds is 3. The van der Waals surface area contributed by atoms with E-state index in [2.05, 4.69) is 0 Å². The number of halogens is 3. The summed E-state index contributed by atoms with van der Waals surface area (Å²) in [6, 6.07) is 8.02. The molecule has 5 heteroatoms. The highest BCUT2D eigenvalue weighted by molar-refractivity contribution is 5.73. The van der Waals surface area contributed by atoms with Gasteiger partial charge < -0.3 is 9.80 Å². The van der Waals surface area contributed by atoms with Gasteiger partial charge in [-0.1, -0.05) is 35.4 Å². The molecule has 1 aliphatic heterocycles. The highest BCUT2D eigenvalue weighted by Crippen LogP contribution is 2.40. The molecule has 1 heterocycles. The lowest BCUT2D eigenvalue weighted by Gasteiger charge is -2.30. The summed E-state index contributed by atoms with van der Waals surface area (Å²) in [5.74, 6) is -1.42. The maximum Gasteiger partial charge on any atom is 0.293 e. The average molecular weight is 388 g/mol. The molecule has 0 aliphatic carbocycles. The molecule has 0 radical (unpaired) electrons. The van der Waals surface area contributed by atoms with Crippen LogP contribution in [0.5, 0.6) is 0 Å². The van der Waals surface area contributed by atoms with Crippen molar-refractivity contribution < 1.29 is 13.2 Å². The van der Waals surface area contributed by atoms with E-state index in [0.717, 1.165) is 44.8 Å². The molecule has 1 saturated heterocycles. The molecule has 0 amide bonds. The Morgan fingerprint density at radius 2 is 1.04 bits per heavy atom. The summed E-state index contributed by atoms with van der Waals surface area (Å²) in [6.07, 6.45) is -3.16. The van der Waals surface area contributed by atoms with E-state index in [4.69, 9.17) is 0 Å². The first-order chi connectivity index (χ1) is 13.1.